The van der Waals surface area contributed by atoms with Crippen LogP contribution in [0.1, 0.15) is 22.3 Å². The molecular formula is C67H51N3. The molecule has 0 saturated carbocycles. The van der Waals surface area contributed by atoms with E-state index in [-0.39, 0.29) is 0 Å². The van der Waals surface area contributed by atoms with E-state index in [2.05, 4.69) is 237 Å². The van der Waals surface area contributed by atoms with E-state index in [0.29, 0.717) is 0 Å². The molecule has 0 aliphatic carbocycles. The lowest BCUT2D eigenvalue weighted by Gasteiger charge is -2.18. The summed E-state index contributed by atoms with van der Waals surface area (Å²) in [6.07, 6.45) is 9.72. The second kappa shape index (κ2) is 20.6. The highest BCUT2D eigenvalue weighted by Crippen LogP contribution is 2.41. The summed E-state index contributed by atoms with van der Waals surface area (Å²) >= 11 is 0. The van der Waals surface area contributed by atoms with Crippen molar-refractivity contribution in [2.45, 2.75) is 25.7 Å². The normalized spacial score (nSPS) is 11.1. The molecule has 3 heterocycles. The van der Waals surface area contributed by atoms with Gasteiger partial charge in [-0.05, 0) is 116 Å². The Morgan fingerprint density at radius 3 is 1.03 bits per heavy atom. The lowest BCUT2D eigenvalue weighted by atomic mass is 9.87. The lowest BCUT2D eigenvalue weighted by molar-refractivity contribution is 0.923. The predicted octanol–water partition coefficient (Wildman–Crippen LogP) is 16.8. The molecule has 0 spiro atoms. The molecule has 3 nitrogen and oxygen atoms in total. The Hall–Kier alpha value is -8.79. The maximum absolute atomic E-state index is 5.14. The summed E-state index contributed by atoms with van der Waals surface area (Å²) in [6.45, 7) is 0. The number of pyridine rings is 3. The van der Waals surface area contributed by atoms with Crippen LogP contribution in [0.15, 0.2) is 261 Å². The van der Waals surface area contributed by atoms with Crippen LogP contribution in [0.4, 0.5) is 0 Å². The number of aromatic nitrogens is 3. The van der Waals surface area contributed by atoms with E-state index in [1.54, 1.807) is 0 Å². The van der Waals surface area contributed by atoms with E-state index in [9.17, 15) is 0 Å². The molecule has 3 heteroatoms. The summed E-state index contributed by atoms with van der Waals surface area (Å²) in [5.74, 6) is 0. The van der Waals surface area contributed by atoms with Gasteiger partial charge in [0.2, 0.25) is 0 Å². The van der Waals surface area contributed by atoms with Gasteiger partial charge in [-0.15, -0.1) is 0 Å². The quantitative estimate of drug-likeness (QED) is 0.109. The molecule has 334 valence electrons. The average Bonchev–Trinajstić information content (AvgIpc) is 3.45. The number of hydrogen-bond donors (Lipinski definition) is 0. The molecule has 3 aromatic heterocycles. The van der Waals surface area contributed by atoms with Crippen LogP contribution in [0.3, 0.4) is 0 Å². The van der Waals surface area contributed by atoms with Crippen molar-refractivity contribution in [2.24, 2.45) is 0 Å². The van der Waals surface area contributed by atoms with E-state index in [1.807, 2.05) is 24.5 Å². The minimum absolute atomic E-state index is 0.889. The third-order valence-electron chi connectivity index (χ3n) is 13.3. The van der Waals surface area contributed by atoms with E-state index >= 15 is 0 Å². The largest absolute Gasteiger partial charge is 0.256 e. The van der Waals surface area contributed by atoms with Crippen molar-refractivity contribution in [3.05, 3.63) is 283 Å². The fourth-order valence-electron chi connectivity index (χ4n) is 9.46. The number of nitrogens with zero attached hydrogens (tertiary/aromatic N) is 3. The van der Waals surface area contributed by atoms with Gasteiger partial charge in [-0.3, -0.25) is 15.0 Å². The molecule has 70 heavy (non-hydrogen) atoms. The molecule has 0 atom stereocenters. The van der Waals surface area contributed by atoms with Crippen LogP contribution < -0.4 is 0 Å². The number of aryl methyl sites for hydroxylation is 4. The molecular weight excluding hydrogens is 847 g/mol. The monoisotopic (exact) mass is 897 g/mol. The van der Waals surface area contributed by atoms with Gasteiger partial charge in [0.1, 0.15) is 0 Å². The Morgan fingerprint density at radius 2 is 0.571 bits per heavy atom. The maximum Gasteiger partial charge on any atom is 0.0708 e. The topological polar surface area (TPSA) is 38.7 Å². The van der Waals surface area contributed by atoms with Crippen molar-refractivity contribution in [1.82, 2.24) is 15.0 Å². The highest BCUT2D eigenvalue weighted by molar-refractivity contribution is 5.93. The summed E-state index contributed by atoms with van der Waals surface area (Å²) in [5, 5.41) is 0. The summed E-state index contributed by atoms with van der Waals surface area (Å²) in [4.78, 5) is 14.9. The molecule has 0 radical (unpaired) electrons. The third kappa shape index (κ3) is 10.1. The Balaban J connectivity index is 0.940. The van der Waals surface area contributed by atoms with Gasteiger partial charge < -0.3 is 0 Å². The lowest BCUT2D eigenvalue weighted by Crippen LogP contribution is -1.99. The molecule has 0 fully saturated rings. The van der Waals surface area contributed by atoms with Crippen LogP contribution in [0.25, 0.3) is 89.4 Å². The molecule has 11 aromatic rings. The van der Waals surface area contributed by atoms with Gasteiger partial charge in [-0.25, -0.2) is 0 Å². The molecule has 0 saturated heterocycles. The first-order chi connectivity index (χ1) is 34.7. The minimum Gasteiger partial charge on any atom is -0.256 e. The zero-order valence-electron chi connectivity index (χ0n) is 39.0. The van der Waals surface area contributed by atoms with Crippen molar-refractivity contribution < 1.29 is 0 Å². The number of hydrogen-bond acceptors (Lipinski definition) is 3. The first-order valence-electron chi connectivity index (χ1n) is 24.2. The van der Waals surface area contributed by atoms with Gasteiger partial charge in [0.05, 0.1) is 17.1 Å². The van der Waals surface area contributed by atoms with Crippen LogP contribution in [0.2, 0.25) is 0 Å². The molecule has 0 aliphatic heterocycles. The average molecular weight is 898 g/mol. The van der Waals surface area contributed by atoms with Crippen LogP contribution in [0, 0.1) is 0 Å². The van der Waals surface area contributed by atoms with Gasteiger partial charge in [-0.1, -0.05) is 224 Å². The highest BCUT2D eigenvalue weighted by Gasteiger charge is 2.17. The Bertz CT molecular complexity index is 3360. The minimum atomic E-state index is 0.889. The molecule has 11 rings (SSSR count). The van der Waals surface area contributed by atoms with E-state index in [4.69, 9.17) is 15.0 Å². The maximum atomic E-state index is 5.14. The Kier molecular flexibility index (Phi) is 12.9. The van der Waals surface area contributed by atoms with E-state index in [0.717, 1.165) is 81.7 Å². The van der Waals surface area contributed by atoms with E-state index < -0.39 is 0 Å². The highest BCUT2D eigenvalue weighted by atomic mass is 14.7. The van der Waals surface area contributed by atoms with Gasteiger partial charge >= 0.3 is 0 Å². The third-order valence-corrected chi connectivity index (χ3v) is 13.3. The van der Waals surface area contributed by atoms with Crippen molar-refractivity contribution in [3.63, 3.8) is 0 Å². The van der Waals surface area contributed by atoms with E-state index in [1.165, 1.54) is 55.6 Å². The first kappa shape index (κ1) is 43.8. The van der Waals surface area contributed by atoms with Gasteiger partial charge in [0, 0.05) is 40.8 Å². The molecule has 0 amide bonds. The zero-order valence-corrected chi connectivity index (χ0v) is 39.0. The van der Waals surface area contributed by atoms with Crippen molar-refractivity contribution in [1.29, 1.82) is 0 Å². The van der Waals surface area contributed by atoms with Crippen molar-refractivity contribution >= 4 is 0 Å². The molecule has 0 unspecified atom stereocenters. The Labute approximate surface area is 411 Å². The van der Waals surface area contributed by atoms with Gasteiger partial charge in [0.15, 0.2) is 0 Å². The fraction of sp³-hybridized carbons (Fsp3) is 0.0597. The van der Waals surface area contributed by atoms with Crippen LogP contribution in [0.5, 0.6) is 0 Å². The second-order valence-corrected chi connectivity index (χ2v) is 17.9. The smallest absolute Gasteiger partial charge is 0.0708 e. The Morgan fingerprint density at radius 1 is 0.200 bits per heavy atom. The molecule has 8 aromatic carbocycles. The summed E-state index contributed by atoms with van der Waals surface area (Å²) < 4.78 is 0. The molecule has 0 aliphatic rings. The summed E-state index contributed by atoms with van der Waals surface area (Å²) in [6, 6.07) is 86.7. The fourth-order valence-corrected chi connectivity index (χ4v) is 9.46. The first-order valence-corrected chi connectivity index (χ1v) is 24.2. The van der Waals surface area contributed by atoms with Crippen molar-refractivity contribution in [3.8, 4) is 89.4 Å². The van der Waals surface area contributed by atoms with Crippen LogP contribution in [-0.2, 0) is 25.7 Å². The summed E-state index contributed by atoms with van der Waals surface area (Å²) in [7, 11) is 0. The van der Waals surface area contributed by atoms with Gasteiger partial charge in [-0.2, -0.15) is 0 Å². The summed E-state index contributed by atoms with van der Waals surface area (Å²) in [5.41, 5.74) is 23.0. The predicted molar refractivity (Wildman–Crippen MR) is 291 cm³/mol. The van der Waals surface area contributed by atoms with Gasteiger partial charge in [0.25, 0.3) is 0 Å². The number of rotatable bonds is 14. The van der Waals surface area contributed by atoms with Crippen LogP contribution in [-0.4, -0.2) is 15.0 Å². The van der Waals surface area contributed by atoms with Crippen LogP contribution >= 0.6 is 0 Å². The molecule has 0 N–H and O–H groups in total. The standard InChI is InChI=1S/C67H51N3/c1-5-15-52(16-6-1)53-31-33-54(34-32-53)55-35-37-56(38-36-55)63-44-67(59-21-11-4-12-22-59)70-47-64(63)62-24-14-13-23-61(62)60-42-50(27-25-48-29-39-65(68-45-48)57-17-7-2-8-18-57)41-51(43-60)28-26-49-30-40-66(69-46-49)58-19-9-3-10-20-58/h1-24,29-47H,25-28H2. The SMILES string of the molecule is c1ccc(-c2ccc(-c3ccc(-c4cc(-c5ccccc5)ncc4-c4ccccc4-c4cc(CCc5ccc(-c6ccccc6)nc5)cc(CCc5ccc(-c6ccccc6)nc5)c4)cc3)cc2)cc1. The zero-order chi connectivity index (χ0) is 46.9. The van der Waals surface area contributed by atoms with Crippen molar-refractivity contribution in [2.75, 3.05) is 0 Å². The second-order valence-electron chi connectivity index (χ2n) is 17.9. The molecule has 0 bridgehead atoms. The number of benzene rings is 8.